The van der Waals surface area contributed by atoms with Crippen LogP contribution in [0.2, 0.25) is 0 Å². The molecule has 0 saturated heterocycles. The predicted octanol–water partition coefficient (Wildman–Crippen LogP) is 4.15. The van der Waals surface area contributed by atoms with E-state index in [0.717, 1.165) is 33.3 Å². The van der Waals surface area contributed by atoms with Gasteiger partial charge >= 0.3 is 0 Å². The maximum atomic E-state index is 10.9. The molecule has 0 radical (unpaired) electrons. The van der Waals surface area contributed by atoms with Crippen LogP contribution in [-0.4, -0.2) is 30.0 Å². The summed E-state index contributed by atoms with van der Waals surface area (Å²) in [4.78, 5) is 4.20. The van der Waals surface area contributed by atoms with Gasteiger partial charge in [-0.2, -0.15) is 0 Å². The van der Waals surface area contributed by atoms with Crippen molar-refractivity contribution in [3.63, 3.8) is 0 Å². The van der Waals surface area contributed by atoms with Gasteiger partial charge in [0.25, 0.3) is 0 Å². The van der Waals surface area contributed by atoms with Gasteiger partial charge in [0.15, 0.2) is 5.69 Å². The van der Waals surface area contributed by atoms with Crippen LogP contribution in [0, 0.1) is 0 Å². The van der Waals surface area contributed by atoms with Crippen LogP contribution in [0.1, 0.15) is 19.4 Å². The highest BCUT2D eigenvalue weighted by atomic mass is 32.2. The lowest BCUT2D eigenvalue weighted by atomic mass is 10.0. The van der Waals surface area contributed by atoms with Crippen LogP contribution in [0.15, 0.2) is 59.3 Å². The van der Waals surface area contributed by atoms with E-state index in [2.05, 4.69) is 34.3 Å². The molecule has 4 rings (SSSR count). The van der Waals surface area contributed by atoms with Crippen molar-refractivity contribution in [1.29, 1.82) is 0 Å². The van der Waals surface area contributed by atoms with Gasteiger partial charge in [0.2, 0.25) is 5.89 Å². The van der Waals surface area contributed by atoms with Gasteiger partial charge in [-0.25, -0.2) is 4.98 Å². The highest BCUT2D eigenvalue weighted by molar-refractivity contribution is 7.78. The van der Waals surface area contributed by atoms with Gasteiger partial charge in [0, 0.05) is 17.2 Å². The highest BCUT2D eigenvalue weighted by Gasteiger charge is 2.17. The fraction of sp³-hybridized carbons (Fsp3) is 0.190. The summed E-state index contributed by atoms with van der Waals surface area (Å²) in [6.07, 6.45) is 3.09. The summed E-state index contributed by atoms with van der Waals surface area (Å²) >= 11 is -2.10. The number of aromatic nitrogens is 3. The monoisotopic (exact) mass is 407 g/mol. The van der Waals surface area contributed by atoms with Crippen molar-refractivity contribution in [3.8, 4) is 22.7 Å². The Morgan fingerprint density at radius 1 is 1.10 bits per heavy atom. The van der Waals surface area contributed by atoms with Crippen LogP contribution in [0.4, 0.5) is 5.69 Å². The second-order valence-electron chi connectivity index (χ2n) is 6.94. The average molecular weight is 407 g/mol. The first-order valence-corrected chi connectivity index (χ1v) is 10.4. The van der Waals surface area contributed by atoms with Gasteiger partial charge in [-0.3, -0.25) is 4.21 Å². The molecule has 1 atom stereocenters. The number of hydrogen-bond acceptors (Lipinski definition) is 7. The third-order valence-corrected chi connectivity index (χ3v) is 4.97. The minimum Gasteiger partial charge on any atom is -0.772 e. The SMILES string of the molecule is CC(C)Nc1c(-c2ncco2)nnc2cc(-c3ccc(CS(=O)[O-])cc3)ccc12. The van der Waals surface area contributed by atoms with Gasteiger partial charge < -0.3 is 14.3 Å². The molecule has 2 aromatic carbocycles. The zero-order valence-electron chi connectivity index (χ0n) is 16.0. The number of fused-ring (bicyclic) bond motifs is 1. The van der Waals surface area contributed by atoms with Crippen molar-refractivity contribution < 1.29 is 13.2 Å². The summed E-state index contributed by atoms with van der Waals surface area (Å²) in [5.74, 6) is 0.426. The highest BCUT2D eigenvalue weighted by Crippen LogP contribution is 2.33. The first kappa shape index (κ1) is 19.2. The molecule has 0 aliphatic heterocycles. The number of nitrogens with zero attached hydrogens (tertiary/aromatic N) is 3. The van der Waals surface area contributed by atoms with Crippen molar-refractivity contribution in [2.75, 3.05) is 5.32 Å². The first-order valence-electron chi connectivity index (χ1n) is 9.13. The summed E-state index contributed by atoms with van der Waals surface area (Å²) in [6.45, 7) is 4.10. The summed E-state index contributed by atoms with van der Waals surface area (Å²) in [7, 11) is 0. The van der Waals surface area contributed by atoms with E-state index in [0.29, 0.717) is 11.6 Å². The zero-order chi connectivity index (χ0) is 20.4. The van der Waals surface area contributed by atoms with Crippen molar-refractivity contribution in [2.24, 2.45) is 0 Å². The van der Waals surface area contributed by atoms with Crippen molar-refractivity contribution in [3.05, 3.63) is 60.5 Å². The van der Waals surface area contributed by atoms with Gasteiger partial charge in [0.05, 0.1) is 17.4 Å². The van der Waals surface area contributed by atoms with E-state index in [4.69, 9.17) is 4.42 Å². The van der Waals surface area contributed by atoms with E-state index in [1.54, 1.807) is 6.20 Å². The predicted molar refractivity (Wildman–Crippen MR) is 112 cm³/mol. The minimum absolute atomic E-state index is 0.0112. The summed E-state index contributed by atoms with van der Waals surface area (Å²) < 4.78 is 27.1. The molecule has 8 heteroatoms. The van der Waals surface area contributed by atoms with Crippen LogP contribution in [0.5, 0.6) is 0 Å². The van der Waals surface area contributed by atoms with E-state index < -0.39 is 11.1 Å². The number of nitrogens with one attached hydrogen (secondary N) is 1. The summed E-state index contributed by atoms with van der Waals surface area (Å²) in [5.41, 5.74) is 4.84. The van der Waals surface area contributed by atoms with E-state index >= 15 is 0 Å². The molecule has 2 heterocycles. The lowest BCUT2D eigenvalue weighted by molar-refractivity contribution is 0.536. The normalized spacial score (nSPS) is 12.4. The third-order valence-electron chi connectivity index (χ3n) is 4.40. The summed E-state index contributed by atoms with van der Waals surface area (Å²) in [5, 5.41) is 13.1. The van der Waals surface area contributed by atoms with Crippen LogP contribution in [0.3, 0.4) is 0 Å². The van der Waals surface area contributed by atoms with Crippen molar-refractivity contribution >= 4 is 27.7 Å². The van der Waals surface area contributed by atoms with Crippen LogP contribution >= 0.6 is 0 Å². The minimum atomic E-state index is -2.10. The van der Waals surface area contributed by atoms with E-state index in [9.17, 15) is 8.76 Å². The van der Waals surface area contributed by atoms with Gasteiger partial charge in [-0.05, 0) is 42.7 Å². The molecule has 1 unspecified atom stereocenters. The van der Waals surface area contributed by atoms with Crippen LogP contribution in [-0.2, 0) is 16.8 Å². The Morgan fingerprint density at radius 3 is 2.52 bits per heavy atom. The molecule has 4 aromatic rings. The standard InChI is InChI=1S/C21H20N4O3S/c1-13(2)23-19-17-8-7-16(15-5-3-14(4-6-15)12-29(26)27)11-18(17)24-25-20(19)21-22-9-10-28-21/h3-11,13H,12H2,1-2H3,(H,23,24)(H,26,27)/p-1. The fourth-order valence-electron chi connectivity index (χ4n) is 3.14. The summed E-state index contributed by atoms with van der Waals surface area (Å²) in [6, 6.07) is 13.6. The topological polar surface area (TPSA) is 104 Å². The fourth-order valence-corrected chi connectivity index (χ4v) is 3.61. The molecular formula is C21H19N4O3S-. The Morgan fingerprint density at radius 2 is 1.86 bits per heavy atom. The molecule has 29 heavy (non-hydrogen) atoms. The largest absolute Gasteiger partial charge is 0.772 e. The van der Waals surface area contributed by atoms with Crippen molar-refractivity contribution in [1.82, 2.24) is 15.2 Å². The molecular weight excluding hydrogens is 388 g/mol. The lowest BCUT2D eigenvalue weighted by Gasteiger charge is -2.15. The lowest BCUT2D eigenvalue weighted by Crippen LogP contribution is -2.12. The second kappa shape index (κ2) is 8.10. The van der Waals surface area contributed by atoms with Crippen molar-refractivity contribution in [2.45, 2.75) is 25.6 Å². The maximum absolute atomic E-state index is 10.9. The zero-order valence-corrected chi connectivity index (χ0v) is 16.8. The first-order chi connectivity index (χ1) is 14.0. The Hall–Kier alpha value is -3.10. The quantitative estimate of drug-likeness (QED) is 0.479. The Kier molecular flexibility index (Phi) is 5.37. The van der Waals surface area contributed by atoms with Gasteiger partial charge in [-0.15, -0.1) is 10.2 Å². The average Bonchev–Trinajstić information content (AvgIpc) is 3.22. The molecule has 0 aliphatic rings. The second-order valence-corrected chi connectivity index (χ2v) is 7.83. The Bertz CT molecular complexity index is 1160. The molecule has 0 amide bonds. The van der Waals surface area contributed by atoms with E-state index in [1.807, 2.05) is 42.5 Å². The third kappa shape index (κ3) is 4.18. The molecule has 7 nitrogen and oxygen atoms in total. The number of oxazole rings is 1. The Labute approximate surface area is 170 Å². The van der Waals surface area contributed by atoms with Crippen LogP contribution < -0.4 is 5.32 Å². The maximum Gasteiger partial charge on any atom is 0.249 e. The van der Waals surface area contributed by atoms with Crippen LogP contribution in [0.25, 0.3) is 33.6 Å². The smallest absolute Gasteiger partial charge is 0.249 e. The van der Waals surface area contributed by atoms with E-state index in [-0.39, 0.29) is 11.8 Å². The molecule has 2 aromatic heterocycles. The molecule has 0 fully saturated rings. The molecule has 0 spiro atoms. The number of anilines is 1. The number of rotatable bonds is 6. The molecule has 0 bridgehead atoms. The van der Waals surface area contributed by atoms with Gasteiger partial charge in [-0.1, -0.05) is 41.4 Å². The number of benzene rings is 2. The molecule has 0 saturated carbocycles. The molecule has 148 valence electrons. The van der Waals surface area contributed by atoms with Gasteiger partial charge in [0.1, 0.15) is 6.26 Å². The molecule has 1 N–H and O–H groups in total. The van der Waals surface area contributed by atoms with E-state index in [1.165, 1.54) is 6.26 Å². The molecule has 0 aliphatic carbocycles. The Balaban J connectivity index is 1.76. The number of hydrogen-bond donors (Lipinski definition) is 1.